The van der Waals surface area contributed by atoms with Crippen LogP contribution in [0.3, 0.4) is 0 Å². The summed E-state index contributed by atoms with van der Waals surface area (Å²) in [5, 5.41) is 5.08. The van der Waals surface area contributed by atoms with E-state index in [1.807, 2.05) is 72.8 Å². The van der Waals surface area contributed by atoms with E-state index in [2.05, 4.69) is 32.9 Å². The lowest BCUT2D eigenvalue weighted by Gasteiger charge is -2.23. The molecule has 0 aliphatic rings. The molecule has 1 aromatic heterocycles. The Bertz CT molecular complexity index is 1410. The number of hydrogen-bond donors (Lipinski definition) is 0. The van der Waals surface area contributed by atoms with Crippen molar-refractivity contribution in [3.63, 3.8) is 0 Å². The molecular weight excluding hydrogens is 494 g/mol. The van der Waals surface area contributed by atoms with Crippen molar-refractivity contribution in [1.29, 1.82) is 0 Å². The normalized spacial score (nSPS) is 12.9. The van der Waals surface area contributed by atoms with E-state index in [4.69, 9.17) is 9.25 Å². The van der Waals surface area contributed by atoms with E-state index in [1.54, 1.807) is 17.8 Å². The van der Waals surface area contributed by atoms with Crippen molar-refractivity contribution in [1.82, 2.24) is 0 Å². The zero-order valence-electron chi connectivity index (χ0n) is 22.5. The van der Waals surface area contributed by atoms with Crippen molar-refractivity contribution in [2.75, 3.05) is 0 Å². The maximum Gasteiger partial charge on any atom is 0.331 e. The van der Waals surface area contributed by atoms with Gasteiger partial charge < -0.3 is 9.25 Å². The number of fused-ring (bicyclic) bond motifs is 1. The van der Waals surface area contributed by atoms with Gasteiger partial charge in [0.1, 0.15) is 5.58 Å². The summed E-state index contributed by atoms with van der Waals surface area (Å²) in [6.45, 7) is 10.2. The summed E-state index contributed by atoms with van der Waals surface area (Å²) in [7, 11) is 0. The van der Waals surface area contributed by atoms with Crippen LogP contribution in [0.2, 0.25) is 0 Å². The molecule has 1 heterocycles. The molecule has 0 aliphatic carbocycles. The van der Waals surface area contributed by atoms with E-state index in [1.165, 1.54) is 6.92 Å². The average Bonchev–Trinajstić information content (AvgIpc) is 3.30. The molecule has 0 aliphatic heterocycles. The van der Waals surface area contributed by atoms with Gasteiger partial charge in [-0.05, 0) is 78.3 Å². The van der Waals surface area contributed by atoms with Gasteiger partial charge in [-0.25, -0.2) is 4.79 Å². The lowest BCUT2D eigenvalue weighted by Crippen LogP contribution is -2.15. The Morgan fingerprint density at radius 1 is 0.921 bits per heavy atom. The van der Waals surface area contributed by atoms with E-state index in [0.29, 0.717) is 22.8 Å². The number of para-hydroxylation sites is 1. The molecule has 3 aromatic carbocycles. The van der Waals surface area contributed by atoms with Crippen molar-refractivity contribution in [3.8, 4) is 0 Å². The molecular formula is C32H33NO4S. The maximum absolute atomic E-state index is 12.9. The predicted octanol–water partition coefficient (Wildman–Crippen LogP) is 8.54. The Kier molecular flexibility index (Phi) is 8.52. The molecule has 0 bridgehead atoms. The molecule has 6 heteroatoms. The topological polar surface area (TPSA) is 68.9 Å². The number of hydrogen-bond acceptors (Lipinski definition) is 6. The van der Waals surface area contributed by atoms with Crippen molar-refractivity contribution in [2.24, 2.45) is 16.5 Å². The summed E-state index contributed by atoms with van der Waals surface area (Å²) in [6.07, 6.45) is 1.76. The number of carbonyl (C=O) groups is 2. The van der Waals surface area contributed by atoms with Gasteiger partial charge in [0.2, 0.25) is 5.78 Å². The average molecular weight is 528 g/mol. The summed E-state index contributed by atoms with van der Waals surface area (Å²) in [6, 6.07) is 25.0. The molecule has 0 saturated carbocycles. The van der Waals surface area contributed by atoms with Gasteiger partial charge in [0, 0.05) is 27.7 Å². The Hall–Kier alpha value is -3.64. The first kappa shape index (κ1) is 27.4. The number of ketones is 1. The minimum atomic E-state index is -0.430. The zero-order chi connectivity index (χ0) is 27.3. The third-order valence-electron chi connectivity index (χ3n) is 5.98. The highest BCUT2D eigenvalue weighted by molar-refractivity contribution is 7.99. The molecule has 0 amide bonds. The molecule has 4 rings (SSSR count). The smallest absolute Gasteiger partial charge is 0.331 e. The fourth-order valence-corrected chi connectivity index (χ4v) is 5.35. The molecule has 0 saturated heterocycles. The molecule has 1 atom stereocenters. The van der Waals surface area contributed by atoms with Gasteiger partial charge in [0.05, 0.1) is 5.71 Å². The lowest BCUT2D eigenvalue weighted by molar-refractivity contribution is -0.140. The third-order valence-corrected chi connectivity index (χ3v) is 6.99. The number of oxime groups is 1. The number of furan rings is 1. The first-order valence-electron chi connectivity index (χ1n) is 12.7. The van der Waals surface area contributed by atoms with Gasteiger partial charge >= 0.3 is 5.97 Å². The van der Waals surface area contributed by atoms with E-state index in [-0.39, 0.29) is 11.2 Å². The fourth-order valence-electron chi connectivity index (χ4n) is 4.54. The van der Waals surface area contributed by atoms with Crippen LogP contribution in [0, 0.1) is 11.3 Å². The summed E-state index contributed by atoms with van der Waals surface area (Å²) in [4.78, 5) is 31.4. The Morgan fingerprint density at radius 3 is 2.11 bits per heavy atom. The Morgan fingerprint density at radius 2 is 1.53 bits per heavy atom. The number of nitrogens with zero attached hydrogens (tertiary/aromatic N) is 1. The Labute approximate surface area is 228 Å². The highest BCUT2D eigenvalue weighted by atomic mass is 32.2. The Balaban J connectivity index is 1.44. The van der Waals surface area contributed by atoms with Crippen LogP contribution in [0.4, 0.5) is 0 Å². The molecule has 0 radical (unpaired) electrons. The quantitative estimate of drug-likeness (QED) is 0.0944. The van der Waals surface area contributed by atoms with Crippen LogP contribution in [-0.4, -0.2) is 17.5 Å². The van der Waals surface area contributed by atoms with Crippen LogP contribution in [0.5, 0.6) is 0 Å². The second-order valence-electron chi connectivity index (χ2n) is 10.8. The standard InChI is InChI=1S/C32H33NO4S/c1-21(20-32(3,4)5)18-28(33-37-22(2)34)23-10-14-26(15-11-23)38-27-16-12-24(13-17-27)31(35)30-19-25-8-6-7-9-29(25)36-30/h6-17,19,21H,18,20H2,1-5H3. The lowest BCUT2D eigenvalue weighted by atomic mass is 9.83. The van der Waals surface area contributed by atoms with Crippen LogP contribution in [0.15, 0.2) is 98.2 Å². The molecule has 38 heavy (non-hydrogen) atoms. The second kappa shape index (κ2) is 11.8. The van der Waals surface area contributed by atoms with Crippen molar-refractivity contribution >= 4 is 40.2 Å². The molecule has 0 spiro atoms. The van der Waals surface area contributed by atoms with E-state index >= 15 is 0 Å². The van der Waals surface area contributed by atoms with Crippen LogP contribution in [0.1, 0.15) is 69.1 Å². The maximum atomic E-state index is 12.9. The predicted molar refractivity (Wildman–Crippen MR) is 153 cm³/mol. The largest absolute Gasteiger partial charge is 0.453 e. The zero-order valence-corrected chi connectivity index (χ0v) is 23.3. The van der Waals surface area contributed by atoms with E-state index in [0.717, 1.165) is 39.3 Å². The summed E-state index contributed by atoms with van der Waals surface area (Å²) < 4.78 is 5.73. The van der Waals surface area contributed by atoms with Crippen molar-refractivity contribution < 1.29 is 18.8 Å². The third kappa shape index (κ3) is 7.45. The van der Waals surface area contributed by atoms with Crippen molar-refractivity contribution in [3.05, 3.63) is 95.7 Å². The fraction of sp³-hybridized carbons (Fsp3) is 0.281. The van der Waals surface area contributed by atoms with Gasteiger partial charge in [0.25, 0.3) is 0 Å². The van der Waals surface area contributed by atoms with Crippen LogP contribution in [0.25, 0.3) is 11.0 Å². The van der Waals surface area contributed by atoms with Gasteiger partial charge in [-0.3, -0.25) is 4.79 Å². The second-order valence-corrected chi connectivity index (χ2v) is 12.0. The first-order valence-corrected chi connectivity index (χ1v) is 13.5. The number of carbonyl (C=O) groups excluding carboxylic acids is 2. The summed E-state index contributed by atoms with van der Waals surface area (Å²) in [5.41, 5.74) is 3.19. The molecule has 5 nitrogen and oxygen atoms in total. The molecule has 4 aromatic rings. The summed E-state index contributed by atoms with van der Waals surface area (Å²) in [5.74, 6) is 0.159. The monoisotopic (exact) mass is 527 g/mol. The van der Waals surface area contributed by atoms with Crippen LogP contribution >= 0.6 is 11.8 Å². The molecule has 196 valence electrons. The van der Waals surface area contributed by atoms with E-state index in [9.17, 15) is 9.59 Å². The molecule has 1 unspecified atom stereocenters. The SMILES string of the molecule is CC(=O)ON=C(CC(C)CC(C)(C)C)c1ccc(Sc2ccc(C(=O)c3cc4ccccc4o3)cc2)cc1. The highest BCUT2D eigenvalue weighted by Gasteiger charge is 2.19. The highest BCUT2D eigenvalue weighted by Crippen LogP contribution is 2.31. The minimum absolute atomic E-state index is 0.137. The van der Waals surface area contributed by atoms with Crippen molar-refractivity contribution in [2.45, 2.75) is 57.3 Å². The summed E-state index contributed by atoms with van der Waals surface area (Å²) >= 11 is 1.61. The number of rotatable bonds is 9. The molecule has 0 N–H and O–H groups in total. The van der Waals surface area contributed by atoms with E-state index < -0.39 is 5.97 Å². The van der Waals surface area contributed by atoms with Crippen LogP contribution in [-0.2, 0) is 9.63 Å². The number of benzene rings is 3. The van der Waals surface area contributed by atoms with Crippen LogP contribution < -0.4 is 0 Å². The molecule has 0 fully saturated rings. The van der Waals surface area contributed by atoms with Gasteiger partial charge in [-0.2, -0.15) is 0 Å². The van der Waals surface area contributed by atoms with Gasteiger partial charge in [0.15, 0.2) is 5.76 Å². The minimum Gasteiger partial charge on any atom is -0.453 e. The van der Waals surface area contributed by atoms with Gasteiger partial charge in [-0.1, -0.05) is 74.9 Å². The van der Waals surface area contributed by atoms with Gasteiger partial charge in [-0.15, -0.1) is 0 Å². The first-order chi connectivity index (χ1) is 18.1.